The van der Waals surface area contributed by atoms with Gasteiger partial charge in [-0.15, -0.1) is 0 Å². The smallest absolute Gasteiger partial charge is 0.225 e. The third kappa shape index (κ3) is 6.81. The van der Waals surface area contributed by atoms with Crippen molar-refractivity contribution in [3.8, 4) is 0 Å². The summed E-state index contributed by atoms with van der Waals surface area (Å²) >= 11 is 0. The summed E-state index contributed by atoms with van der Waals surface area (Å²) in [7, 11) is 4.02. The van der Waals surface area contributed by atoms with Crippen LogP contribution in [0.15, 0.2) is 66.7 Å². The van der Waals surface area contributed by atoms with Crippen LogP contribution in [0.1, 0.15) is 36.8 Å². The summed E-state index contributed by atoms with van der Waals surface area (Å²) in [5.41, 5.74) is 3.60. The maximum absolute atomic E-state index is 14.0. The van der Waals surface area contributed by atoms with E-state index in [1.54, 1.807) is 0 Å². The van der Waals surface area contributed by atoms with E-state index in [0.29, 0.717) is 30.3 Å². The molecule has 1 aliphatic rings. The lowest BCUT2D eigenvalue weighted by Crippen LogP contribution is -2.38. The molecule has 0 spiro atoms. The average Bonchev–Trinajstić information content (AvgIpc) is 2.93. The highest BCUT2D eigenvalue weighted by Gasteiger charge is 2.22. The van der Waals surface area contributed by atoms with Gasteiger partial charge in [0.25, 0.3) is 0 Å². The van der Waals surface area contributed by atoms with Gasteiger partial charge < -0.3 is 20.9 Å². The Morgan fingerprint density at radius 2 is 1.56 bits per heavy atom. The number of hydrogen-bond acceptors (Lipinski definition) is 6. The van der Waals surface area contributed by atoms with Crippen molar-refractivity contribution in [1.29, 1.82) is 0 Å². The second-order valence-electron chi connectivity index (χ2n) is 10.4. The molecule has 1 heterocycles. The molecule has 1 fully saturated rings. The summed E-state index contributed by atoms with van der Waals surface area (Å²) in [4.78, 5) is 11.6. The Labute approximate surface area is 228 Å². The molecule has 39 heavy (non-hydrogen) atoms. The Balaban J connectivity index is 1.10. The van der Waals surface area contributed by atoms with E-state index in [0.717, 1.165) is 67.0 Å². The molecule has 4 aromatic rings. The zero-order valence-corrected chi connectivity index (χ0v) is 22.6. The van der Waals surface area contributed by atoms with Gasteiger partial charge in [-0.25, -0.2) is 13.8 Å². The van der Waals surface area contributed by atoms with Gasteiger partial charge >= 0.3 is 0 Å². The topological polar surface area (TPSA) is 65.1 Å². The van der Waals surface area contributed by atoms with Crippen LogP contribution < -0.4 is 20.9 Å². The second kappa shape index (κ2) is 12.4. The first kappa shape index (κ1) is 26.8. The molecule has 0 unspecified atom stereocenters. The van der Waals surface area contributed by atoms with E-state index in [2.05, 4.69) is 34.1 Å². The van der Waals surface area contributed by atoms with Crippen LogP contribution in [0.3, 0.4) is 0 Å². The lowest BCUT2D eigenvalue weighted by molar-refractivity contribution is 0.355. The van der Waals surface area contributed by atoms with Gasteiger partial charge in [-0.2, -0.15) is 4.98 Å². The molecule has 0 amide bonds. The number of nitrogens with one attached hydrogen (secondary N) is 3. The molecule has 6 nitrogen and oxygen atoms in total. The highest BCUT2D eigenvalue weighted by molar-refractivity contribution is 5.90. The zero-order valence-electron chi connectivity index (χ0n) is 22.6. The summed E-state index contributed by atoms with van der Waals surface area (Å²) in [5, 5.41) is 11.5. The minimum absolute atomic E-state index is 0.307. The second-order valence-corrected chi connectivity index (χ2v) is 10.4. The van der Waals surface area contributed by atoms with Gasteiger partial charge in [-0.05, 0) is 74.0 Å². The fourth-order valence-corrected chi connectivity index (χ4v) is 5.30. The molecule has 3 aromatic carbocycles. The molecular formula is C31H36F2N6. The third-order valence-electron chi connectivity index (χ3n) is 7.41. The number of para-hydroxylation sites is 1. The summed E-state index contributed by atoms with van der Waals surface area (Å²) in [6.07, 6.45) is 5.21. The van der Waals surface area contributed by atoms with Crippen molar-refractivity contribution in [2.75, 3.05) is 36.2 Å². The molecule has 0 atom stereocenters. The Bertz CT molecular complexity index is 1400. The number of halogens is 2. The van der Waals surface area contributed by atoms with E-state index in [1.165, 1.54) is 17.7 Å². The van der Waals surface area contributed by atoms with Crippen molar-refractivity contribution < 1.29 is 8.78 Å². The van der Waals surface area contributed by atoms with Gasteiger partial charge in [0.05, 0.1) is 11.2 Å². The van der Waals surface area contributed by atoms with Crippen molar-refractivity contribution in [3.05, 3.63) is 89.5 Å². The molecule has 8 heteroatoms. The Morgan fingerprint density at radius 3 is 2.33 bits per heavy atom. The van der Waals surface area contributed by atoms with Gasteiger partial charge in [0.2, 0.25) is 5.95 Å². The van der Waals surface area contributed by atoms with Gasteiger partial charge in [0.1, 0.15) is 17.5 Å². The average molecular weight is 531 g/mol. The van der Waals surface area contributed by atoms with E-state index in [-0.39, 0.29) is 0 Å². The number of hydrogen-bond donors (Lipinski definition) is 3. The summed E-state index contributed by atoms with van der Waals surface area (Å²) in [5.74, 6) is 0.468. The Kier molecular flexibility index (Phi) is 8.51. The van der Waals surface area contributed by atoms with Crippen LogP contribution in [-0.2, 0) is 13.0 Å². The number of benzene rings is 3. The molecule has 0 saturated heterocycles. The van der Waals surface area contributed by atoms with Crippen LogP contribution in [0, 0.1) is 11.6 Å². The number of aromatic nitrogens is 2. The minimum Gasteiger partial charge on any atom is -0.379 e. The summed E-state index contributed by atoms with van der Waals surface area (Å²) in [6.45, 7) is 1.37. The minimum atomic E-state index is -0.579. The standard InChI is InChI=1S/C31H36F2N6/c1-39(2)30-26-9-5-6-10-28(26)37-31(38-30)36-25-14-12-24(13-15-25)34-18-17-21-7-3-4-8-22(21)20-35-29-16-11-23(32)19-27(29)33/h3-11,16,19,24-25,34-35H,12-15,17-18,20H2,1-2H3,(H,36,37,38)/t24-,25+. The van der Waals surface area contributed by atoms with Crippen LogP contribution in [0.4, 0.5) is 26.2 Å². The molecule has 1 aromatic heterocycles. The van der Waals surface area contributed by atoms with E-state index in [1.807, 2.05) is 49.3 Å². The molecule has 0 bridgehead atoms. The number of anilines is 3. The maximum Gasteiger partial charge on any atom is 0.225 e. The van der Waals surface area contributed by atoms with E-state index in [4.69, 9.17) is 9.97 Å². The van der Waals surface area contributed by atoms with Crippen LogP contribution in [0.5, 0.6) is 0 Å². The molecule has 1 aliphatic carbocycles. The van der Waals surface area contributed by atoms with Crippen molar-refractivity contribution in [2.24, 2.45) is 0 Å². The molecule has 3 N–H and O–H groups in total. The van der Waals surface area contributed by atoms with E-state index in [9.17, 15) is 8.78 Å². The third-order valence-corrected chi connectivity index (χ3v) is 7.41. The lowest BCUT2D eigenvalue weighted by Gasteiger charge is -2.30. The van der Waals surface area contributed by atoms with Crippen LogP contribution in [0.2, 0.25) is 0 Å². The molecule has 204 valence electrons. The zero-order chi connectivity index (χ0) is 27.2. The molecular weight excluding hydrogens is 494 g/mol. The van der Waals surface area contributed by atoms with Crippen molar-refractivity contribution in [2.45, 2.75) is 50.7 Å². The molecule has 0 radical (unpaired) electrons. The lowest BCUT2D eigenvalue weighted by atomic mass is 9.91. The van der Waals surface area contributed by atoms with Gasteiger partial charge in [-0.1, -0.05) is 36.4 Å². The van der Waals surface area contributed by atoms with E-state index >= 15 is 0 Å². The Hall–Kier alpha value is -3.78. The molecule has 1 saturated carbocycles. The first-order valence-corrected chi connectivity index (χ1v) is 13.7. The quantitative estimate of drug-likeness (QED) is 0.229. The predicted octanol–water partition coefficient (Wildman–Crippen LogP) is 6.14. The fraction of sp³-hybridized carbons (Fsp3) is 0.355. The maximum atomic E-state index is 14.0. The summed E-state index contributed by atoms with van der Waals surface area (Å²) in [6, 6.07) is 20.8. The predicted molar refractivity (Wildman–Crippen MR) is 155 cm³/mol. The summed E-state index contributed by atoms with van der Waals surface area (Å²) < 4.78 is 27.2. The number of fused-ring (bicyclic) bond motifs is 1. The Morgan fingerprint density at radius 1 is 0.846 bits per heavy atom. The normalized spacial score (nSPS) is 17.2. The highest BCUT2D eigenvalue weighted by atomic mass is 19.1. The first-order chi connectivity index (χ1) is 19.0. The monoisotopic (exact) mass is 530 g/mol. The highest BCUT2D eigenvalue weighted by Crippen LogP contribution is 2.26. The fourth-order valence-electron chi connectivity index (χ4n) is 5.30. The largest absolute Gasteiger partial charge is 0.379 e. The first-order valence-electron chi connectivity index (χ1n) is 13.7. The van der Waals surface area contributed by atoms with Crippen molar-refractivity contribution >= 4 is 28.4 Å². The van der Waals surface area contributed by atoms with Crippen LogP contribution in [0.25, 0.3) is 10.9 Å². The molecule has 0 aliphatic heterocycles. The van der Waals surface area contributed by atoms with Crippen molar-refractivity contribution in [3.63, 3.8) is 0 Å². The van der Waals surface area contributed by atoms with Gasteiger partial charge in [0, 0.05) is 44.2 Å². The van der Waals surface area contributed by atoms with E-state index < -0.39 is 11.6 Å². The van der Waals surface area contributed by atoms with Crippen molar-refractivity contribution in [1.82, 2.24) is 15.3 Å². The van der Waals surface area contributed by atoms with Gasteiger partial charge in [-0.3, -0.25) is 0 Å². The number of rotatable bonds is 10. The van der Waals surface area contributed by atoms with Gasteiger partial charge in [0.15, 0.2) is 0 Å². The van der Waals surface area contributed by atoms with Crippen LogP contribution >= 0.6 is 0 Å². The van der Waals surface area contributed by atoms with Crippen LogP contribution in [-0.4, -0.2) is 42.7 Å². The number of nitrogens with zero attached hydrogens (tertiary/aromatic N) is 3. The molecule has 5 rings (SSSR count). The SMILES string of the molecule is CN(C)c1nc(N[C@H]2CC[C@@H](NCCc3ccccc3CNc3ccc(F)cc3F)CC2)nc2ccccc12.